The highest BCUT2D eigenvalue weighted by atomic mass is 16.1. The normalized spacial score (nSPS) is 16.8. The third kappa shape index (κ3) is 8.45. The lowest BCUT2D eigenvalue weighted by molar-refractivity contribution is -0.119. The summed E-state index contributed by atoms with van der Waals surface area (Å²) in [5.74, 6) is 1.49. The number of carbonyl (C=O) groups is 1. The topological polar surface area (TPSA) is 29.4 Å². The molecule has 1 aliphatic carbocycles. The van der Waals surface area contributed by atoms with Gasteiger partial charge < -0.3 is 0 Å². The molecule has 2 aliphatic rings. The molecule has 0 amide bonds. The Balaban J connectivity index is 1.30. The molecule has 0 radical (unpaired) electrons. The molecule has 1 heterocycles. The van der Waals surface area contributed by atoms with Crippen molar-refractivity contribution in [3.63, 3.8) is 0 Å². The molecule has 33 heavy (non-hydrogen) atoms. The fraction of sp³-hybridized carbons (Fsp3) is 0.516. The van der Waals surface area contributed by atoms with Crippen LogP contribution in [0.3, 0.4) is 0 Å². The first kappa shape index (κ1) is 25.2. The van der Waals surface area contributed by atoms with Crippen LogP contribution in [0, 0.1) is 5.92 Å². The van der Waals surface area contributed by atoms with Gasteiger partial charge in [-0.3, -0.25) is 9.79 Å². The third-order valence-corrected chi connectivity index (χ3v) is 7.15. The highest BCUT2D eigenvalue weighted by Crippen LogP contribution is 2.26. The van der Waals surface area contributed by atoms with E-state index in [4.69, 9.17) is 0 Å². The van der Waals surface area contributed by atoms with Crippen LogP contribution in [-0.2, 0) is 4.79 Å². The molecule has 0 aromatic heterocycles. The number of benzene rings is 1. The fourth-order valence-electron chi connectivity index (χ4n) is 5.02. The van der Waals surface area contributed by atoms with E-state index < -0.39 is 0 Å². The monoisotopic (exact) mass is 443 g/mol. The molecule has 0 N–H and O–H groups in total. The van der Waals surface area contributed by atoms with E-state index in [-0.39, 0.29) is 0 Å². The maximum absolute atomic E-state index is 12.4. The van der Waals surface area contributed by atoms with E-state index >= 15 is 0 Å². The van der Waals surface area contributed by atoms with E-state index in [0.29, 0.717) is 18.1 Å². The molecular formula is C31H41NO. The number of carbonyl (C=O) groups excluding carboxylic acids is 1. The first-order chi connectivity index (χ1) is 16.2. The van der Waals surface area contributed by atoms with Crippen molar-refractivity contribution >= 4 is 11.5 Å². The van der Waals surface area contributed by atoms with E-state index in [1.54, 1.807) is 0 Å². The average Bonchev–Trinajstić information content (AvgIpc) is 3.05. The SMILES string of the molecule is CC[C@@H](CCCCCC1=NC=C=CC2=C1C=CCC2)CCCC(=O)CC(C)c1ccccc1. The summed E-state index contributed by atoms with van der Waals surface area (Å²) in [5.41, 5.74) is 8.42. The van der Waals surface area contributed by atoms with E-state index in [0.717, 1.165) is 38.0 Å². The first-order valence-electron chi connectivity index (χ1n) is 13.1. The highest BCUT2D eigenvalue weighted by molar-refractivity contribution is 6.04. The van der Waals surface area contributed by atoms with Crippen LogP contribution in [0.15, 0.2) is 76.6 Å². The van der Waals surface area contributed by atoms with Crippen molar-refractivity contribution < 1.29 is 4.79 Å². The molecule has 2 nitrogen and oxygen atoms in total. The summed E-state index contributed by atoms with van der Waals surface area (Å²) in [4.78, 5) is 17.1. The number of nitrogens with zero attached hydrogens (tertiary/aromatic N) is 1. The summed E-state index contributed by atoms with van der Waals surface area (Å²) >= 11 is 0. The van der Waals surface area contributed by atoms with Crippen LogP contribution >= 0.6 is 0 Å². The van der Waals surface area contributed by atoms with Crippen LogP contribution in [0.1, 0.15) is 102 Å². The van der Waals surface area contributed by atoms with Crippen LogP contribution in [0.2, 0.25) is 0 Å². The fourth-order valence-corrected chi connectivity index (χ4v) is 5.02. The summed E-state index contributed by atoms with van der Waals surface area (Å²) in [5, 5.41) is 0. The maximum atomic E-state index is 12.4. The van der Waals surface area contributed by atoms with Crippen LogP contribution in [0.4, 0.5) is 0 Å². The number of aliphatic imine (C=N–C) groups is 1. The minimum Gasteiger partial charge on any atom is -0.300 e. The molecule has 2 atom stereocenters. The Bertz CT molecular complexity index is 912. The van der Waals surface area contributed by atoms with Gasteiger partial charge in [-0.2, -0.15) is 0 Å². The van der Waals surface area contributed by atoms with Gasteiger partial charge in [0.05, 0.1) is 6.20 Å². The van der Waals surface area contributed by atoms with Gasteiger partial charge in [-0.1, -0.05) is 88.4 Å². The lowest BCUT2D eigenvalue weighted by atomic mass is 9.89. The van der Waals surface area contributed by atoms with Crippen molar-refractivity contribution in [1.82, 2.24) is 0 Å². The van der Waals surface area contributed by atoms with Crippen molar-refractivity contribution in [2.45, 2.75) is 96.8 Å². The van der Waals surface area contributed by atoms with Crippen molar-refractivity contribution in [2.24, 2.45) is 10.9 Å². The Morgan fingerprint density at radius 3 is 2.73 bits per heavy atom. The van der Waals surface area contributed by atoms with Crippen molar-refractivity contribution in [1.29, 1.82) is 0 Å². The Kier molecular flexibility index (Phi) is 10.7. The van der Waals surface area contributed by atoms with E-state index in [1.165, 1.54) is 60.9 Å². The van der Waals surface area contributed by atoms with Gasteiger partial charge in [0, 0.05) is 18.6 Å². The number of allylic oxidation sites excluding steroid dienone is 5. The molecule has 1 aromatic carbocycles. The summed E-state index contributed by atoms with van der Waals surface area (Å²) in [6.07, 6.45) is 21.6. The van der Waals surface area contributed by atoms with Crippen LogP contribution < -0.4 is 0 Å². The summed E-state index contributed by atoms with van der Waals surface area (Å²) in [6.45, 7) is 4.46. The molecule has 1 aromatic rings. The Morgan fingerprint density at radius 2 is 1.91 bits per heavy atom. The summed E-state index contributed by atoms with van der Waals surface area (Å²) in [6, 6.07) is 10.4. The molecule has 0 spiro atoms. The second-order valence-corrected chi connectivity index (χ2v) is 9.72. The predicted octanol–water partition coefficient (Wildman–Crippen LogP) is 8.67. The lowest BCUT2D eigenvalue weighted by Gasteiger charge is -2.16. The quantitative estimate of drug-likeness (QED) is 0.209. The second kappa shape index (κ2) is 14.0. The Morgan fingerprint density at radius 1 is 1.09 bits per heavy atom. The van der Waals surface area contributed by atoms with E-state index in [9.17, 15) is 4.79 Å². The third-order valence-electron chi connectivity index (χ3n) is 7.15. The summed E-state index contributed by atoms with van der Waals surface area (Å²) in [7, 11) is 0. The van der Waals surface area contributed by atoms with Gasteiger partial charge in [0.15, 0.2) is 0 Å². The maximum Gasteiger partial charge on any atom is 0.133 e. The van der Waals surface area contributed by atoms with Gasteiger partial charge >= 0.3 is 0 Å². The number of unbranched alkanes of at least 4 members (excludes halogenated alkanes) is 2. The minimum absolute atomic E-state index is 0.320. The standard InChI is InChI=1S/C31H41NO/c1-3-26(15-12-20-29(33)24-25(2)27-16-7-5-8-17-27)14-6-4-9-22-31-30-21-11-10-18-28(30)19-13-23-32-31/h5,7-8,11,16-17,19,21,23,25-26H,3-4,6,9-10,12,14-15,18,20,22,24H2,1-2H3/t25?,26-/m0/s1. The molecule has 0 bridgehead atoms. The minimum atomic E-state index is 0.320. The molecule has 0 fully saturated rings. The van der Waals surface area contributed by atoms with Crippen molar-refractivity contribution in [3.05, 3.63) is 77.2 Å². The molecule has 2 heteroatoms. The van der Waals surface area contributed by atoms with Gasteiger partial charge in [0.25, 0.3) is 0 Å². The van der Waals surface area contributed by atoms with Gasteiger partial charge in [0.2, 0.25) is 0 Å². The largest absolute Gasteiger partial charge is 0.300 e. The van der Waals surface area contributed by atoms with Crippen LogP contribution in [0.25, 0.3) is 0 Å². The smallest absolute Gasteiger partial charge is 0.133 e. The number of hydrogen-bond acceptors (Lipinski definition) is 2. The van der Waals surface area contributed by atoms with Crippen molar-refractivity contribution in [2.75, 3.05) is 0 Å². The zero-order valence-electron chi connectivity index (χ0n) is 20.7. The molecule has 3 rings (SSSR count). The second-order valence-electron chi connectivity index (χ2n) is 9.72. The Labute approximate surface area is 201 Å². The molecule has 1 aliphatic heterocycles. The van der Waals surface area contributed by atoms with Gasteiger partial charge in [-0.05, 0) is 66.7 Å². The predicted molar refractivity (Wildman–Crippen MR) is 141 cm³/mol. The molecule has 0 saturated carbocycles. The molecule has 1 unspecified atom stereocenters. The van der Waals surface area contributed by atoms with Crippen LogP contribution in [-0.4, -0.2) is 11.5 Å². The zero-order chi connectivity index (χ0) is 23.3. The van der Waals surface area contributed by atoms with E-state index in [1.807, 2.05) is 12.3 Å². The van der Waals surface area contributed by atoms with E-state index in [2.05, 4.69) is 67.1 Å². The lowest BCUT2D eigenvalue weighted by Crippen LogP contribution is -2.07. The summed E-state index contributed by atoms with van der Waals surface area (Å²) < 4.78 is 0. The average molecular weight is 444 g/mol. The van der Waals surface area contributed by atoms with Crippen molar-refractivity contribution in [3.8, 4) is 0 Å². The van der Waals surface area contributed by atoms with Crippen LogP contribution in [0.5, 0.6) is 0 Å². The van der Waals surface area contributed by atoms with Gasteiger partial charge in [-0.25, -0.2) is 0 Å². The first-order valence-corrected chi connectivity index (χ1v) is 13.1. The molecule has 0 saturated heterocycles. The molecular weight excluding hydrogens is 402 g/mol. The Hall–Kier alpha value is -2.44. The van der Waals surface area contributed by atoms with Gasteiger partial charge in [-0.15, -0.1) is 5.73 Å². The molecule has 176 valence electrons. The highest BCUT2D eigenvalue weighted by Gasteiger charge is 2.14. The number of Topliss-reactive ketones (excluding diaryl/α,β-unsaturated/α-hetero) is 1. The zero-order valence-corrected chi connectivity index (χ0v) is 20.7. The number of hydrogen-bond donors (Lipinski definition) is 0. The number of rotatable bonds is 14. The number of ketones is 1. The van der Waals surface area contributed by atoms with Gasteiger partial charge in [0.1, 0.15) is 5.78 Å².